The van der Waals surface area contributed by atoms with Gasteiger partial charge in [0.2, 0.25) is 0 Å². The molecule has 114 valence electrons. The molecule has 1 aromatic carbocycles. The van der Waals surface area contributed by atoms with Crippen molar-refractivity contribution in [2.24, 2.45) is 0 Å². The van der Waals surface area contributed by atoms with Crippen molar-refractivity contribution in [3.63, 3.8) is 0 Å². The Morgan fingerprint density at radius 1 is 1.24 bits per heavy atom. The number of benzene rings is 1. The van der Waals surface area contributed by atoms with Crippen molar-refractivity contribution in [3.05, 3.63) is 44.1 Å². The van der Waals surface area contributed by atoms with Crippen LogP contribution in [-0.4, -0.2) is 9.78 Å². The van der Waals surface area contributed by atoms with E-state index in [0.29, 0.717) is 6.54 Å². The average molecular weight is 371 g/mol. The highest BCUT2D eigenvalue weighted by Crippen LogP contribution is 2.27. The lowest BCUT2D eigenvalue weighted by atomic mass is 10.1. The molecule has 0 spiro atoms. The molecular formula is C16H21BrClN3. The summed E-state index contributed by atoms with van der Waals surface area (Å²) in [7, 11) is 0. The van der Waals surface area contributed by atoms with E-state index in [0.717, 1.165) is 39.5 Å². The van der Waals surface area contributed by atoms with Gasteiger partial charge < -0.3 is 5.32 Å². The Hall–Kier alpha value is -1.000. The van der Waals surface area contributed by atoms with Crippen LogP contribution in [0.4, 0.5) is 5.69 Å². The van der Waals surface area contributed by atoms with E-state index >= 15 is 0 Å². The first-order valence-corrected chi connectivity index (χ1v) is 8.39. The summed E-state index contributed by atoms with van der Waals surface area (Å²) in [6.07, 6.45) is 0.856. The largest absolute Gasteiger partial charge is 0.379 e. The van der Waals surface area contributed by atoms with Gasteiger partial charge in [-0.25, -0.2) is 0 Å². The summed E-state index contributed by atoms with van der Waals surface area (Å²) in [6.45, 7) is 9.89. The van der Waals surface area contributed by atoms with E-state index in [1.807, 2.05) is 4.68 Å². The molecule has 0 fully saturated rings. The van der Waals surface area contributed by atoms with Crippen LogP contribution >= 0.6 is 27.5 Å². The van der Waals surface area contributed by atoms with Gasteiger partial charge in [0, 0.05) is 16.7 Å². The normalized spacial score (nSPS) is 11.0. The van der Waals surface area contributed by atoms with Crippen LogP contribution in [0.3, 0.4) is 0 Å². The van der Waals surface area contributed by atoms with Crippen LogP contribution in [0.5, 0.6) is 0 Å². The fourth-order valence-electron chi connectivity index (χ4n) is 2.55. The molecule has 0 saturated heterocycles. The number of aryl methyl sites for hydroxylation is 4. The molecule has 0 aliphatic rings. The lowest BCUT2D eigenvalue weighted by Gasteiger charge is -2.14. The van der Waals surface area contributed by atoms with Crippen molar-refractivity contribution >= 4 is 33.2 Å². The van der Waals surface area contributed by atoms with Crippen LogP contribution in [0.2, 0.25) is 5.02 Å². The summed E-state index contributed by atoms with van der Waals surface area (Å²) in [6, 6.07) is 4.23. The Bertz CT molecular complexity index is 626. The SMILES string of the molecule is CCc1nn(CC)c(CNc2c(C)cc(Br)cc2C)c1Cl. The highest BCUT2D eigenvalue weighted by molar-refractivity contribution is 9.10. The molecule has 0 atom stereocenters. The van der Waals surface area contributed by atoms with Crippen LogP contribution in [0.25, 0.3) is 0 Å². The predicted molar refractivity (Wildman–Crippen MR) is 93.2 cm³/mol. The minimum atomic E-state index is 0.684. The number of hydrogen-bond acceptors (Lipinski definition) is 2. The number of nitrogens with zero attached hydrogens (tertiary/aromatic N) is 2. The van der Waals surface area contributed by atoms with Gasteiger partial charge in [0.05, 0.1) is 23.0 Å². The molecule has 0 amide bonds. The van der Waals surface area contributed by atoms with Crippen LogP contribution in [0.15, 0.2) is 16.6 Å². The number of nitrogens with one attached hydrogen (secondary N) is 1. The number of halogens is 2. The van der Waals surface area contributed by atoms with Crippen molar-refractivity contribution in [3.8, 4) is 0 Å². The van der Waals surface area contributed by atoms with Crippen molar-refractivity contribution < 1.29 is 0 Å². The van der Waals surface area contributed by atoms with Crippen molar-refractivity contribution in [2.75, 3.05) is 5.32 Å². The highest BCUT2D eigenvalue weighted by atomic mass is 79.9. The minimum absolute atomic E-state index is 0.684. The Kier molecular flexibility index (Phi) is 5.33. The van der Waals surface area contributed by atoms with Crippen LogP contribution in [0, 0.1) is 13.8 Å². The lowest BCUT2D eigenvalue weighted by molar-refractivity contribution is 0.619. The Balaban J connectivity index is 2.26. The first-order chi connectivity index (χ1) is 9.97. The van der Waals surface area contributed by atoms with Crippen LogP contribution in [-0.2, 0) is 19.5 Å². The molecular weight excluding hydrogens is 350 g/mol. The van der Waals surface area contributed by atoms with E-state index in [4.69, 9.17) is 11.6 Å². The van der Waals surface area contributed by atoms with Gasteiger partial charge in [-0.05, 0) is 50.5 Å². The van der Waals surface area contributed by atoms with E-state index in [1.54, 1.807) is 0 Å². The summed E-state index contributed by atoms with van der Waals surface area (Å²) in [5.41, 5.74) is 5.63. The zero-order valence-electron chi connectivity index (χ0n) is 12.9. The number of anilines is 1. The zero-order chi connectivity index (χ0) is 15.6. The van der Waals surface area contributed by atoms with Crippen LogP contribution < -0.4 is 5.32 Å². The molecule has 5 heteroatoms. The predicted octanol–water partition coefficient (Wildman–Crippen LogP) is 5.11. The maximum Gasteiger partial charge on any atom is 0.0868 e. The van der Waals surface area contributed by atoms with Gasteiger partial charge in [0.15, 0.2) is 0 Å². The summed E-state index contributed by atoms with van der Waals surface area (Å²) in [5.74, 6) is 0. The molecule has 0 radical (unpaired) electrons. The molecule has 0 bridgehead atoms. The van der Waals surface area contributed by atoms with E-state index in [9.17, 15) is 0 Å². The molecule has 0 saturated carbocycles. The molecule has 21 heavy (non-hydrogen) atoms. The summed E-state index contributed by atoms with van der Waals surface area (Å²) < 4.78 is 3.09. The second-order valence-electron chi connectivity index (χ2n) is 5.14. The first kappa shape index (κ1) is 16.4. The van der Waals surface area contributed by atoms with Crippen molar-refractivity contribution in [2.45, 2.75) is 47.2 Å². The average Bonchev–Trinajstić information content (AvgIpc) is 2.73. The monoisotopic (exact) mass is 369 g/mol. The molecule has 1 aromatic heterocycles. The van der Waals surface area contributed by atoms with Gasteiger partial charge >= 0.3 is 0 Å². The molecule has 0 aliphatic carbocycles. The number of aromatic nitrogens is 2. The van der Waals surface area contributed by atoms with Crippen LogP contribution in [0.1, 0.15) is 36.4 Å². The maximum atomic E-state index is 6.45. The van der Waals surface area contributed by atoms with Crippen molar-refractivity contribution in [1.29, 1.82) is 0 Å². The standard InChI is InChI=1S/C16H21BrClN3/c1-5-13-15(18)14(21(6-2)20-13)9-19-16-10(3)7-12(17)8-11(16)4/h7-8,19H,5-6,9H2,1-4H3. The Labute approximate surface area is 139 Å². The molecule has 1 N–H and O–H groups in total. The Morgan fingerprint density at radius 2 is 1.86 bits per heavy atom. The summed E-state index contributed by atoms with van der Waals surface area (Å²) in [5, 5.41) is 8.86. The molecule has 1 heterocycles. The second-order valence-corrected chi connectivity index (χ2v) is 6.44. The Morgan fingerprint density at radius 3 is 2.38 bits per heavy atom. The maximum absolute atomic E-state index is 6.45. The summed E-state index contributed by atoms with van der Waals surface area (Å²) in [4.78, 5) is 0. The first-order valence-electron chi connectivity index (χ1n) is 7.22. The van der Waals surface area contributed by atoms with E-state index in [1.165, 1.54) is 11.1 Å². The van der Waals surface area contributed by atoms with Crippen molar-refractivity contribution in [1.82, 2.24) is 9.78 Å². The highest BCUT2D eigenvalue weighted by Gasteiger charge is 2.14. The van der Waals surface area contributed by atoms with Gasteiger partial charge in [-0.15, -0.1) is 0 Å². The lowest BCUT2D eigenvalue weighted by Crippen LogP contribution is -2.09. The summed E-state index contributed by atoms with van der Waals surface area (Å²) >= 11 is 9.98. The zero-order valence-corrected chi connectivity index (χ0v) is 15.3. The minimum Gasteiger partial charge on any atom is -0.379 e. The van der Waals surface area contributed by atoms with E-state index in [-0.39, 0.29) is 0 Å². The molecule has 2 aromatic rings. The topological polar surface area (TPSA) is 29.9 Å². The van der Waals surface area contributed by atoms with Gasteiger partial charge in [0.25, 0.3) is 0 Å². The second kappa shape index (κ2) is 6.84. The third-order valence-corrected chi connectivity index (χ3v) is 4.52. The van der Waals surface area contributed by atoms with E-state index in [2.05, 4.69) is 66.2 Å². The quantitative estimate of drug-likeness (QED) is 0.792. The number of rotatable bonds is 5. The third kappa shape index (κ3) is 3.43. The number of hydrogen-bond donors (Lipinski definition) is 1. The van der Waals surface area contributed by atoms with Gasteiger partial charge in [-0.2, -0.15) is 5.10 Å². The molecule has 2 rings (SSSR count). The third-order valence-electron chi connectivity index (χ3n) is 3.62. The fraction of sp³-hybridized carbons (Fsp3) is 0.438. The molecule has 3 nitrogen and oxygen atoms in total. The van der Waals surface area contributed by atoms with Gasteiger partial charge in [-0.3, -0.25) is 4.68 Å². The smallest absolute Gasteiger partial charge is 0.0868 e. The molecule has 0 aliphatic heterocycles. The van der Waals surface area contributed by atoms with Gasteiger partial charge in [-0.1, -0.05) is 34.5 Å². The van der Waals surface area contributed by atoms with E-state index < -0.39 is 0 Å². The van der Waals surface area contributed by atoms with Gasteiger partial charge in [0.1, 0.15) is 0 Å². The molecule has 0 unspecified atom stereocenters. The fourth-order valence-corrected chi connectivity index (χ4v) is 3.57.